The van der Waals surface area contributed by atoms with Crippen molar-refractivity contribution >= 4 is 17.0 Å². The fourth-order valence-electron chi connectivity index (χ4n) is 0.891. The summed E-state index contributed by atoms with van der Waals surface area (Å²) in [5.41, 5.74) is 1.80. The lowest BCUT2D eigenvalue weighted by atomic mass is 10.2. The Balaban J connectivity index is 0.000000673. The zero-order valence-corrected chi connectivity index (χ0v) is 9.61. The van der Waals surface area contributed by atoms with E-state index in [9.17, 15) is 13.6 Å². The van der Waals surface area contributed by atoms with E-state index in [4.69, 9.17) is 5.21 Å². The standard InChI is InChI=1S/C8H8O4S.CH5NO/c1-12-8(9)6-4-2-3-5-7(6)13(10)11;1-2-3/h2-5H,1H3,(H,10,11);2-3H,1H3/p-1. The summed E-state index contributed by atoms with van der Waals surface area (Å²) in [7, 11) is 2.63. The van der Waals surface area contributed by atoms with Gasteiger partial charge in [-0.05, 0) is 23.2 Å². The molecule has 0 aromatic heterocycles. The van der Waals surface area contributed by atoms with E-state index in [1.54, 1.807) is 11.5 Å². The highest BCUT2D eigenvalue weighted by molar-refractivity contribution is 7.79. The highest BCUT2D eigenvalue weighted by Crippen LogP contribution is 2.12. The zero-order valence-electron chi connectivity index (χ0n) is 8.80. The number of esters is 1. The zero-order chi connectivity index (χ0) is 12.6. The molecule has 0 saturated heterocycles. The van der Waals surface area contributed by atoms with Crippen LogP contribution >= 0.6 is 0 Å². The number of nitrogens with one attached hydrogen (secondary N) is 1. The van der Waals surface area contributed by atoms with Crippen molar-refractivity contribution in [3.05, 3.63) is 29.8 Å². The molecule has 1 aromatic carbocycles. The second-order valence-corrected chi connectivity index (χ2v) is 3.36. The molecule has 0 bridgehead atoms. The van der Waals surface area contributed by atoms with Crippen LogP contribution in [-0.2, 0) is 15.8 Å². The van der Waals surface area contributed by atoms with Gasteiger partial charge in [0.15, 0.2) is 0 Å². The van der Waals surface area contributed by atoms with E-state index >= 15 is 0 Å². The third kappa shape index (κ3) is 4.49. The first kappa shape index (κ1) is 14.7. The molecular weight excluding hydrogens is 234 g/mol. The lowest BCUT2D eigenvalue weighted by molar-refractivity contribution is 0.0596. The Morgan fingerprint density at radius 2 is 2.00 bits per heavy atom. The monoisotopic (exact) mass is 246 g/mol. The lowest BCUT2D eigenvalue weighted by Crippen LogP contribution is -2.06. The van der Waals surface area contributed by atoms with Crippen LogP contribution in [0.25, 0.3) is 0 Å². The Hall–Kier alpha value is -1.28. The molecule has 0 heterocycles. The number of hydrogen-bond donors (Lipinski definition) is 2. The second kappa shape index (κ2) is 7.94. The number of carbonyl (C=O) groups excluding carboxylic acids is 1. The van der Waals surface area contributed by atoms with Crippen LogP contribution in [0.2, 0.25) is 0 Å². The second-order valence-electron chi connectivity index (χ2n) is 2.45. The van der Waals surface area contributed by atoms with Gasteiger partial charge in [-0.3, -0.25) is 4.21 Å². The van der Waals surface area contributed by atoms with Crippen molar-refractivity contribution in [2.75, 3.05) is 14.2 Å². The molecule has 0 spiro atoms. The first-order valence-corrected chi connectivity index (χ1v) is 5.23. The largest absolute Gasteiger partial charge is 0.768 e. The van der Waals surface area contributed by atoms with Crippen molar-refractivity contribution in [3.63, 3.8) is 0 Å². The fraction of sp³-hybridized carbons (Fsp3) is 0.222. The van der Waals surface area contributed by atoms with Gasteiger partial charge in [-0.15, -0.1) is 0 Å². The Morgan fingerprint density at radius 3 is 2.44 bits per heavy atom. The van der Waals surface area contributed by atoms with Crippen LogP contribution in [0.15, 0.2) is 29.2 Å². The summed E-state index contributed by atoms with van der Waals surface area (Å²) in [4.78, 5) is 11.0. The number of ether oxygens (including phenoxy) is 1. The topological polar surface area (TPSA) is 98.7 Å². The van der Waals surface area contributed by atoms with E-state index in [1.807, 2.05) is 0 Å². The van der Waals surface area contributed by atoms with Crippen LogP contribution in [0, 0.1) is 0 Å². The van der Waals surface area contributed by atoms with Crippen molar-refractivity contribution in [1.82, 2.24) is 5.48 Å². The number of carbonyl (C=O) groups is 1. The highest BCUT2D eigenvalue weighted by Gasteiger charge is 2.10. The molecule has 6 nitrogen and oxygen atoms in total. The molecule has 1 rings (SSSR count). The summed E-state index contributed by atoms with van der Waals surface area (Å²) in [6, 6.07) is 5.85. The normalized spacial score (nSPS) is 11.0. The van der Waals surface area contributed by atoms with E-state index in [0.29, 0.717) is 0 Å². The highest BCUT2D eigenvalue weighted by atomic mass is 32.2. The van der Waals surface area contributed by atoms with Crippen LogP contribution in [0.1, 0.15) is 10.4 Å². The summed E-state index contributed by atoms with van der Waals surface area (Å²) in [6.45, 7) is 0. The van der Waals surface area contributed by atoms with E-state index in [2.05, 4.69) is 4.74 Å². The molecule has 2 N–H and O–H groups in total. The number of hydroxylamine groups is 1. The van der Waals surface area contributed by atoms with Gasteiger partial charge >= 0.3 is 5.97 Å². The molecule has 0 amide bonds. The van der Waals surface area contributed by atoms with Crippen molar-refractivity contribution in [3.8, 4) is 0 Å². The van der Waals surface area contributed by atoms with Crippen molar-refractivity contribution < 1.29 is 23.5 Å². The summed E-state index contributed by atoms with van der Waals surface area (Å²) >= 11 is -2.41. The molecule has 1 unspecified atom stereocenters. The maximum atomic E-state index is 11.0. The van der Waals surface area contributed by atoms with Gasteiger partial charge in [-0.25, -0.2) is 10.3 Å². The van der Waals surface area contributed by atoms with E-state index in [0.717, 1.165) is 0 Å². The Morgan fingerprint density at radius 1 is 1.50 bits per heavy atom. The lowest BCUT2D eigenvalue weighted by Gasteiger charge is -2.09. The van der Waals surface area contributed by atoms with Gasteiger partial charge in [0.05, 0.1) is 12.7 Å². The van der Waals surface area contributed by atoms with E-state index in [1.165, 1.54) is 32.4 Å². The number of methoxy groups -OCH3 is 1. The first-order chi connectivity index (χ1) is 7.58. The van der Waals surface area contributed by atoms with Crippen LogP contribution in [0.5, 0.6) is 0 Å². The minimum absolute atomic E-state index is 0.0469. The predicted molar refractivity (Wildman–Crippen MR) is 55.8 cm³/mol. The molecule has 0 saturated carbocycles. The average molecular weight is 246 g/mol. The number of rotatable bonds is 2. The molecule has 0 radical (unpaired) electrons. The Bertz CT molecular complexity index is 369. The van der Waals surface area contributed by atoms with Crippen LogP contribution in [0.4, 0.5) is 0 Å². The summed E-state index contributed by atoms with van der Waals surface area (Å²) in [5.74, 6) is -0.653. The van der Waals surface area contributed by atoms with Crippen molar-refractivity contribution in [2.45, 2.75) is 4.90 Å². The molecule has 7 heteroatoms. The molecule has 16 heavy (non-hydrogen) atoms. The third-order valence-electron chi connectivity index (χ3n) is 1.47. The van der Waals surface area contributed by atoms with Crippen molar-refractivity contribution in [1.29, 1.82) is 0 Å². The minimum Gasteiger partial charge on any atom is -0.768 e. The average Bonchev–Trinajstić information content (AvgIpc) is 2.29. The van der Waals surface area contributed by atoms with Gasteiger partial charge in [0.2, 0.25) is 0 Å². The summed E-state index contributed by atoms with van der Waals surface area (Å²) in [6.07, 6.45) is 0. The third-order valence-corrected chi connectivity index (χ3v) is 2.19. The number of hydrogen-bond acceptors (Lipinski definition) is 6. The Labute approximate surface area is 95.5 Å². The first-order valence-electron chi connectivity index (χ1n) is 4.15. The number of benzene rings is 1. The molecule has 1 aromatic rings. The van der Waals surface area contributed by atoms with Crippen LogP contribution in [-0.4, -0.2) is 34.1 Å². The molecule has 0 fully saturated rings. The van der Waals surface area contributed by atoms with Gasteiger partial charge in [0, 0.05) is 11.9 Å². The van der Waals surface area contributed by atoms with Gasteiger partial charge in [0.25, 0.3) is 0 Å². The summed E-state index contributed by atoms with van der Waals surface area (Å²) in [5, 5.41) is 7.32. The van der Waals surface area contributed by atoms with Gasteiger partial charge in [-0.1, -0.05) is 12.1 Å². The van der Waals surface area contributed by atoms with E-state index in [-0.39, 0.29) is 10.5 Å². The molecule has 0 aliphatic heterocycles. The maximum Gasteiger partial charge on any atom is 0.339 e. The van der Waals surface area contributed by atoms with Crippen molar-refractivity contribution in [2.24, 2.45) is 0 Å². The Kier molecular flexibility index (Phi) is 7.31. The van der Waals surface area contributed by atoms with Crippen LogP contribution < -0.4 is 5.48 Å². The van der Waals surface area contributed by atoms with Gasteiger partial charge in [-0.2, -0.15) is 0 Å². The molecular formula is C9H12NO5S-. The molecule has 1 atom stereocenters. The van der Waals surface area contributed by atoms with Gasteiger partial charge < -0.3 is 14.5 Å². The van der Waals surface area contributed by atoms with Gasteiger partial charge in [0.1, 0.15) is 0 Å². The molecule has 90 valence electrons. The van der Waals surface area contributed by atoms with Crippen LogP contribution in [0.3, 0.4) is 0 Å². The SMILES string of the molecule is CNO.COC(=O)c1ccccc1S(=O)[O-]. The fourth-order valence-corrected chi connectivity index (χ4v) is 1.41. The maximum absolute atomic E-state index is 11.0. The molecule has 0 aliphatic rings. The van der Waals surface area contributed by atoms with E-state index < -0.39 is 17.0 Å². The predicted octanol–water partition coefficient (Wildman–Crippen LogP) is 0.306. The minimum atomic E-state index is -2.41. The quantitative estimate of drug-likeness (QED) is 0.442. The smallest absolute Gasteiger partial charge is 0.339 e. The summed E-state index contributed by atoms with van der Waals surface area (Å²) < 4.78 is 25.7. The molecule has 0 aliphatic carbocycles.